The summed E-state index contributed by atoms with van der Waals surface area (Å²) in [6, 6.07) is 16.3. The Morgan fingerprint density at radius 3 is 2.45 bits per heavy atom. The van der Waals surface area contributed by atoms with Gasteiger partial charge in [0.2, 0.25) is 0 Å². The largest absolute Gasteiger partial charge is 0.465 e. The van der Waals surface area contributed by atoms with Crippen LogP contribution in [0.5, 0.6) is 0 Å². The Bertz CT molecular complexity index is 845. The number of quaternary nitrogens is 1. The predicted molar refractivity (Wildman–Crippen MR) is 113 cm³/mol. The highest BCUT2D eigenvalue weighted by atomic mass is 16.5. The van der Waals surface area contributed by atoms with Crippen molar-refractivity contribution >= 4 is 11.9 Å². The van der Waals surface area contributed by atoms with Gasteiger partial charge in [0.1, 0.15) is 6.54 Å². The van der Waals surface area contributed by atoms with E-state index in [9.17, 15) is 9.59 Å². The topological polar surface area (TPSA) is 59.8 Å². The zero-order valence-corrected chi connectivity index (χ0v) is 17.5. The third-order valence-corrected chi connectivity index (χ3v) is 5.71. The summed E-state index contributed by atoms with van der Waals surface area (Å²) in [7, 11) is 1.41. The summed E-state index contributed by atoms with van der Waals surface area (Å²) >= 11 is 0. The van der Waals surface area contributed by atoms with E-state index in [0.717, 1.165) is 16.9 Å². The first kappa shape index (κ1) is 21.1. The van der Waals surface area contributed by atoms with Crippen molar-refractivity contribution in [2.24, 2.45) is 0 Å². The summed E-state index contributed by atoms with van der Waals surface area (Å²) in [5.74, 6) is 0.226. The Balaban J connectivity index is 1.55. The highest BCUT2D eigenvalue weighted by molar-refractivity contribution is 5.78. The average molecular weight is 396 g/mol. The molecule has 2 N–H and O–H groups in total. The summed E-state index contributed by atoms with van der Waals surface area (Å²) < 4.78 is 4.99. The first-order valence-electron chi connectivity index (χ1n) is 10.3. The minimum atomic E-state index is -0.343. The number of hydrogen-bond donors (Lipinski definition) is 2. The molecule has 5 heteroatoms. The fourth-order valence-corrected chi connectivity index (χ4v) is 3.92. The van der Waals surface area contributed by atoms with Crippen LogP contribution >= 0.6 is 0 Å². The number of fused-ring (bicyclic) bond motifs is 1. The SMILES string of the molecule is COC(=O)[C@@H]1Cc2ccccc2C[NH+]1CC(=O)NCCc1ccc(C(C)C)cc1. The van der Waals surface area contributed by atoms with Crippen LogP contribution in [0.4, 0.5) is 0 Å². The lowest BCUT2D eigenvalue weighted by molar-refractivity contribution is -0.924. The van der Waals surface area contributed by atoms with Gasteiger partial charge < -0.3 is 15.0 Å². The van der Waals surface area contributed by atoms with Crippen molar-refractivity contribution in [2.45, 2.75) is 45.2 Å². The minimum absolute atomic E-state index is 0.0351. The second kappa shape index (κ2) is 9.70. The van der Waals surface area contributed by atoms with Gasteiger partial charge in [-0.15, -0.1) is 0 Å². The molecular weight excluding hydrogens is 364 g/mol. The van der Waals surface area contributed by atoms with Gasteiger partial charge in [0, 0.05) is 18.5 Å². The van der Waals surface area contributed by atoms with Crippen molar-refractivity contribution in [1.29, 1.82) is 0 Å². The van der Waals surface area contributed by atoms with Crippen LogP contribution in [-0.2, 0) is 33.7 Å². The highest BCUT2D eigenvalue weighted by Crippen LogP contribution is 2.15. The van der Waals surface area contributed by atoms with Crippen LogP contribution in [0, 0.1) is 0 Å². The molecule has 1 heterocycles. The van der Waals surface area contributed by atoms with Crippen LogP contribution in [0.3, 0.4) is 0 Å². The number of hydrogen-bond acceptors (Lipinski definition) is 3. The summed E-state index contributed by atoms with van der Waals surface area (Å²) in [4.78, 5) is 25.7. The second-order valence-corrected chi connectivity index (χ2v) is 8.06. The fourth-order valence-electron chi connectivity index (χ4n) is 3.92. The van der Waals surface area contributed by atoms with Crippen molar-refractivity contribution in [1.82, 2.24) is 5.32 Å². The Morgan fingerprint density at radius 1 is 1.10 bits per heavy atom. The van der Waals surface area contributed by atoms with Crippen LogP contribution in [-0.4, -0.2) is 38.1 Å². The monoisotopic (exact) mass is 395 g/mol. The number of amides is 1. The number of methoxy groups -OCH3 is 1. The summed E-state index contributed by atoms with van der Waals surface area (Å²) in [5.41, 5.74) is 4.89. The molecule has 0 aliphatic carbocycles. The van der Waals surface area contributed by atoms with Gasteiger partial charge in [-0.05, 0) is 29.0 Å². The van der Waals surface area contributed by atoms with Crippen molar-refractivity contribution < 1.29 is 19.2 Å². The second-order valence-electron chi connectivity index (χ2n) is 8.06. The molecule has 154 valence electrons. The first-order valence-corrected chi connectivity index (χ1v) is 10.3. The molecule has 0 fully saturated rings. The van der Waals surface area contributed by atoms with E-state index in [1.807, 2.05) is 18.2 Å². The number of esters is 1. The quantitative estimate of drug-likeness (QED) is 0.701. The molecule has 0 aromatic heterocycles. The Morgan fingerprint density at radius 2 is 1.79 bits per heavy atom. The third-order valence-electron chi connectivity index (χ3n) is 5.71. The first-order chi connectivity index (χ1) is 14.0. The zero-order chi connectivity index (χ0) is 20.8. The number of carbonyl (C=O) groups excluding carboxylic acids is 2. The average Bonchev–Trinajstić information content (AvgIpc) is 2.73. The van der Waals surface area contributed by atoms with Gasteiger partial charge in [-0.25, -0.2) is 4.79 Å². The molecule has 2 aromatic carbocycles. The number of benzene rings is 2. The van der Waals surface area contributed by atoms with E-state index in [1.165, 1.54) is 23.8 Å². The van der Waals surface area contributed by atoms with E-state index in [2.05, 4.69) is 49.5 Å². The molecule has 1 aliphatic rings. The maximum absolute atomic E-state index is 12.5. The maximum Gasteiger partial charge on any atom is 0.365 e. The lowest BCUT2D eigenvalue weighted by Gasteiger charge is -2.31. The van der Waals surface area contributed by atoms with Crippen molar-refractivity contribution in [3.05, 3.63) is 70.8 Å². The van der Waals surface area contributed by atoms with Crippen molar-refractivity contribution in [3.8, 4) is 0 Å². The van der Waals surface area contributed by atoms with Crippen molar-refractivity contribution in [3.63, 3.8) is 0 Å². The molecule has 0 spiro atoms. The van der Waals surface area contributed by atoms with Gasteiger partial charge in [-0.1, -0.05) is 62.4 Å². The maximum atomic E-state index is 12.5. The van der Waals surface area contributed by atoms with Crippen LogP contribution < -0.4 is 10.2 Å². The Labute approximate surface area is 173 Å². The van der Waals surface area contributed by atoms with E-state index in [1.54, 1.807) is 0 Å². The fraction of sp³-hybridized carbons (Fsp3) is 0.417. The summed E-state index contributed by atoms with van der Waals surface area (Å²) in [6.07, 6.45) is 1.40. The normalized spacial score (nSPS) is 18.2. The number of ether oxygens (including phenoxy) is 1. The summed E-state index contributed by atoms with van der Waals surface area (Å²) in [6.45, 7) is 5.86. The minimum Gasteiger partial charge on any atom is -0.465 e. The van der Waals surface area contributed by atoms with Gasteiger partial charge in [0.05, 0.1) is 7.11 Å². The lowest BCUT2D eigenvalue weighted by Crippen LogP contribution is -3.17. The molecule has 1 aliphatic heterocycles. The van der Waals surface area contributed by atoms with Gasteiger partial charge in [0.15, 0.2) is 12.6 Å². The smallest absolute Gasteiger partial charge is 0.365 e. The molecule has 29 heavy (non-hydrogen) atoms. The molecule has 1 amide bonds. The Hall–Kier alpha value is -2.66. The van der Waals surface area contributed by atoms with Crippen LogP contribution in [0.1, 0.15) is 42.0 Å². The van der Waals surface area contributed by atoms with E-state index in [-0.39, 0.29) is 24.5 Å². The van der Waals surface area contributed by atoms with E-state index >= 15 is 0 Å². The molecule has 0 bridgehead atoms. The Kier molecular flexibility index (Phi) is 7.04. The molecule has 0 saturated heterocycles. The molecule has 0 saturated carbocycles. The zero-order valence-electron chi connectivity index (χ0n) is 17.5. The molecule has 2 atom stereocenters. The van der Waals surface area contributed by atoms with Crippen LogP contribution in [0.15, 0.2) is 48.5 Å². The lowest BCUT2D eigenvalue weighted by atomic mass is 9.94. The number of rotatable bonds is 7. The van der Waals surface area contributed by atoms with Gasteiger partial charge >= 0.3 is 5.97 Å². The molecule has 0 radical (unpaired) electrons. The molecule has 5 nitrogen and oxygen atoms in total. The molecular formula is C24H31N2O3+. The van der Waals surface area contributed by atoms with Crippen LogP contribution in [0.25, 0.3) is 0 Å². The molecule has 3 rings (SSSR count). The predicted octanol–water partition coefficient (Wildman–Crippen LogP) is 1.65. The number of carbonyl (C=O) groups is 2. The van der Waals surface area contributed by atoms with Crippen molar-refractivity contribution in [2.75, 3.05) is 20.2 Å². The van der Waals surface area contributed by atoms with Gasteiger partial charge in [0.25, 0.3) is 5.91 Å². The van der Waals surface area contributed by atoms with E-state index in [0.29, 0.717) is 25.4 Å². The van der Waals surface area contributed by atoms with E-state index in [4.69, 9.17) is 4.74 Å². The standard InChI is InChI=1S/C24H30N2O3/c1-17(2)19-10-8-18(9-11-19)12-13-25-23(27)16-26-15-21-7-5-4-6-20(21)14-22(26)24(28)29-3/h4-11,17,22H,12-16H2,1-3H3,(H,25,27)/p+1/t22-/m0/s1. The highest BCUT2D eigenvalue weighted by Gasteiger charge is 2.36. The third kappa shape index (κ3) is 5.45. The number of nitrogens with one attached hydrogen (secondary N) is 2. The van der Waals surface area contributed by atoms with Crippen LogP contribution in [0.2, 0.25) is 0 Å². The van der Waals surface area contributed by atoms with Gasteiger partial charge in [-0.2, -0.15) is 0 Å². The van der Waals surface area contributed by atoms with E-state index < -0.39 is 0 Å². The molecule has 2 aromatic rings. The molecule has 1 unspecified atom stereocenters. The van der Waals surface area contributed by atoms with Gasteiger partial charge in [-0.3, -0.25) is 4.79 Å². The summed E-state index contributed by atoms with van der Waals surface area (Å²) in [5, 5.41) is 3.01.